The molecule has 6 heteroatoms. The van der Waals surface area contributed by atoms with Crippen molar-refractivity contribution in [2.75, 3.05) is 25.4 Å². The van der Waals surface area contributed by atoms with Crippen LogP contribution in [0.3, 0.4) is 0 Å². The minimum absolute atomic E-state index is 0.149. The summed E-state index contributed by atoms with van der Waals surface area (Å²) in [5, 5.41) is 1.16. The number of nitrogens with zero attached hydrogens (tertiary/aromatic N) is 2. The average Bonchev–Trinajstić information content (AvgIpc) is 3.47. The highest BCUT2D eigenvalue weighted by Gasteiger charge is 2.28. The van der Waals surface area contributed by atoms with Crippen LogP contribution in [0.4, 0.5) is 0 Å². The van der Waals surface area contributed by atoms with Gasteiger partial charge in [-0.2, -0.15) is 0 Å². The summed E-state index contributed by atoms with van der Waals surface area (Å²) in [4.78, 5) is 21.4. The van der Waals surface area contributed by atoms with Crippen LogP contribution in [0.1, 0.15) is 47.0 Å². The van der Waals surface area contributed by atoms with Gasteiger partial charge in [0.1, 0.15) is 0 Å². The van der Waals surface area contributed by atoms with E-state index < -0.39 is 0 Å². The fourth-order valence-electron chi connectivity index (χ4n) is 4.33. The molecule has 1 amide bonds. The molecule has 2 saturated heterocycles. The summed E-state index contributed by atoms with van der Waals surface area (Å²) in [6.45, 7) is 2.45. The average molecular weight is 439 g/mol. The zero-order chi connectivity index (χ0) is 20.3. The van der Waals surface area contributed by atoms with Gasteiger partial charge in [0, 0.05) is 36.3 Å². The molecule has 0 bridgehead atoms. The second-order valence-corrected chi connectivity index (χ2v) is 10.2. The van der Waals surface area contributed by atoms with Crippen LogP contribution in [0.15, 0.2) is 53.4 Å². The van der Waals surface area contributed by atoms with Gasteiger partial charge in [-0.05, 0) is 49.9 Å². The second kappa shape index (κ2) is 9.08. The summed E-state index contributed by atoms with van der Waals surface area (Å²) < 4.78 is 6.99. The summed E-state index contributed by atoms with van der Waals surface area (Å²) in [5.74, 6) is 1.39. The quantitative estimate of drug-likeness (QED) is 0.487. The molecule has 30 heavy (non-hydrogen) atoms. The second-order valence-electron chi connectivity index (χ2n) is 8.05. The first-order chi connectivity index (χ1) is 14.8. The highest BCUT2D eigenvalue weighted by atomic mass is 32.2. The topological polar surface area (TPSA) is 42.4 Å². The van der Waals surface area contributed by atoms with E-state index >= 15 is 0 Å². The maximum atomic E-state index is 13.4. The van der Waals surface area contributed by atoms with E-state index in [1.807, 2.05) is 29.2 Å². The standard InChI is InChI=1S/C24H26N2O2S2/c27-24(19-9-1-3-11-21(19)29-16-18-8-6-14-28-18)26-13-5-7-17(15-26)23-25-20-10-2-4-12-22(20)30-23/h1-4,9-12,17-18H,5-8,13-16H2/t17-,18-/m0/s1. The third kappa shape index (κ3) is 4.27. The molecule has 156 valence electrons. The highest BCUT2D eigenvalue weighted by molar-refractivity contribution is 7.99. The van der Waals surface area contributed by atoms with Crippen molar-refractivity contribution in [3.63, 3.8) is 0 Å². The van der Waals surface area contributed by atoms with Gasteiger partial charge in [0.15, 0.2) is 0 Å². The number of ether oxygens (including phenoxy) is 1. The molecule has 5 rings (SSSR count). The monoisotopic (exact) mass is 438 g/mol. The lowest BCUT2D eigenvalue weighted by Gasteiger charge is -2.32. The first-order valence-electron chi connectivity index (χ1n) is 10.8. The lowest BCUT2D eigenvalue weighted by molar-refractivity contribution is 0.0703. The SMILES string of the molecule is O=C(c1ccccc1SC[C@@H]1CCCO1)N1CCC[C@H](c2nc3ccccc3s2)C1. The molecule has 2 fully saturated rings. The smallest absolute Gasteiger partial charge is 0.255 e. The number of thioether (sulfide) groups is 1. The summed E-state index contributed by atoms with van der Waals surface area (Å²) in [6, 6.07) is 16.3. The van der Waals surface area contributed by atoms with Crippen LogP contribution in [0.5, 0.6) is 0 Å². The van der Waals surface area contributed by atoms with Gasteiger partial charge in [-0.1, -0.05) is 24.3 Å². The van der Waals surface area contributed by atoms with Crippen molar-refractivity contribution in [1.82, 2.24) is 9.88 Å². The Labute approximate surface area is 185 Å². The molecule has 0 spiro atoms. The molecule has 3 aromatic rings. The van der Waals surface area contributed by atoms with E-state index in [2.05, 4.69) is 24.3 Å². The molecule has 0 N–H and O–H groups in total. The van der Waals surface area contributed by atoms with Gasteiger partial charge in [0.05, 0.1) is 26.9 Å². The number of benzene rings is 2. The Morgan fingerprint density at radius 1 is 1.13 bits per heavy atom. The molecule has 1 aromatic heterocycles. The molecule has 3 heterocycles. The van der Waals surface area contributed by atoms with Crippen molar-refractivity contribution in [3.05, 3.63) is 59.1 Å². The van der Waals surface area contributed by atoms with Crippen LogP contribution < -0.4 is 0 Å². The molecule has 2 aliphatic heterocycles. The molecule has 4 nitrogen and oxygen atoms in total. The summed E-state index contributed by atoms with van der Waals surface area (Å²) in [7, 11) is 0. The van der Waals surface area contributed by atoms with Gasteiger partial charge in [-0.15, -0.1) is 23.1 Å². The Balaban J connectivity index is 1.31. The van der Waals surface area contributed by atoms with Crippen LogP contribution in [0, 0.1) is 0 Å². The van der Waals surface area contributed by atoms with E-state index in [1.165, 1.54) is 4.70 Å². The maximum Gasteiger partial charge on any atom is 0.255 e. The Hall–Kier alpha value is -1.89. The lowest BCUT2D eigenvalue weighted by Crippen LogP contribution is -2.39. The van der Waals surface area contributed by atoms with Crippen molar-refractivity contribution in [2.45, 2.75) is 42.6 Å². The largest absolute Gasteiger partial charge is 0.377 e. The molecule has 2 aromatic carbocycles. The van der Waals surface area contributed by atoms with Gasteiger partial charge >= 0.3 is 0 Å². The summed E-state index contributed by atoms with van der Waals surface area (Å²) >= 11 is 3.53. The van der Waals surface area contributed by atoms with E-state index in [1.54, 1.807) is 23.1 Å². The molecule has 0 unspecified atom stereocenters. The van der Waals surface area contributed by atoms with Crippen molar-refractivity contribution >= 4 is 39.2 Å². The van der Waals surface area contributed by atoms with Crippen LogP contribution in [0.25, 0.3) is 10.2 Å². The third-order valence-electron chi connectivity index (χ3n) is 5.93. The fraction of sp³-hybridized carbons (Fsp3) is 0.417. The van der Waals surface area contributed by atoms with Crippen LogP contribution in [-0.4, -0.2) is 47.3 Å². The molecule has 2 aliphatic rings. The molecule has 0 saturated carbocycles. The van der Waals surface area contributed by atoms with Gasteiger partial charge in [0.2, 0.25) is 0 Å². The van der Waals surface area contributed by atoms with E-state index in [9.17, 15) is 4.79 Å². The molecule has 0 aliphatic carbocycles. The van der Waals surface area contributed by atoms with Gasteiger partial charge in [-0.3, -0.25) is 4.79 Å². The Bertz CT molecular complexity index is 996. The Morgan fingerprint density at radius 3 is 2.87 bits per heavy atom. The van der Waals surface area contributed by atoms with Crippen molar-refractivity contribution < 1.29 is 9.53 Å². The van der Waals surface area contributed by atoms with Gasteiger partial charge < -0.3 is 9.64 Å². The first kappa shape index (κ1) is 20.0. The van der Waals surface area contributed by atoms with E-state index in [0.29, 0.717) is 12.0 Å². The molecule has 2 atom stereocenters. The number of hydrogen-bond donors (Lipinski definition) is 0. The predicted octanol–water partition coefficient (Wildman–Crippen LogP) is 5.59. The number of piperidine rings is 1. The molecular weight excluding hydrogens is 412 g/mol. The summed E-state index contributed by atoms with van der Waals surface area (Å²) in [5.41, 5.74) is 1.89. The minimum Gasteiger partial charge on any atom is -0.377 e. The number of aromatic nitrogens is 1. The zero-order valence-electron chi connectivity index (χ0n) is 17.0. The molecule has 0 radical (unpaired) electrons. The van der Waals surface area contributed by atoms with Crippen LogP contribution >= 0.6 is 23.1 Å². The number of para-hydroxylation sites is 1. The number of fused-ring (bicyclic) bond motifs is 1. The lowest BCUT2D eigenvalue weighted by atomic mass is 9.98. The number of thiazole rings is 1. The fourth-order valence-corrected chi connectivity index (χ4v) is 6.53. The third-order valence-corrected chi connectivity index (χ3v) is 8.34. The van der Waals surface area contributed by atoms with Gasteiger partial charge in [0.25, 0.3) is 5.91 Å². The highest BCUT2D eigenvalue weighted by Crippen LogP contribution is 2.34. The number of carbonyl (C=O) groups excluding carboxylic acids is 1. The van der Waals surface area contributed by atoms with E-state index in [4.69, 9.17) is 9.72 Å². The van der Waals surface area contributed by atoms with E-state index in [0.717, 1.165) is 72.1 Å². The number of rotatable bonds is 5. The summed E-state index contributed by atoms with van der Waals surface area (Å²) in [6.07, 6.45) is 4.71. The van der Waals surface area contributed by atoms with Crippen molar-refractivity contribution in [2.24, 2.45) is 0 Å². The maximum absolute atomic E-state index is 13.4. The minimum atomic E-state index is 0.149. The van der Waals surface area contributed by atoms with E-state index in [-0.39, 0.29) is 5.91 Å². The predicted molar refractivity (Wildman–Crippen MR) is 124 cm³/mol. The zero-order valence-corrected chi connectivity index (χ0v) is 18.6. The molecular formula is C24H26N2O2S2. The van der Waals surface area contributed by atoms with Crippen LogP contribution in [-0.2, 0) is 4.74 Å². The number of carbonyl (C=O) groups is 1. The number of amides is 1. The van der Waals surface area contributed by atoms with Crippen molar-refractivity contribution in [1.29, 1.82) is 0 Å². The normalized spacial score (nSPS) is 21.9. The van der Waals surface area contributed by atoms with Crippen molar-refractivity contribution in [3.8, 4) is 0 Å². The number of hydrogen-bond acceptors (Lipinski definition) is 5. The van der Waals surface area contributed by atoms with Crippen LogP contribution in [0.2, 0.25) is 0 Å². The number of likely N-dealkylation sites (tertiary alicyclic amines) is 1. The Kier molecular flexibility index (Phi) is 6.07. The van der Waals surface area contributed by atoms with Gasteiger partial charge in [-0.25, -0.2) is 4.98 Å². The first-order valence-corrected chi connectivity index (χ1v) is 12.6. The Morgan fingerprint density at radius 2 is 2.00 bits per heavy atom.